The standard InChI is InChI=1S/C18H9ClF7N3O3/c19-11-7-10(4-5-12(11)20)29-14(31)16(18(24,25)26,28-15(29)32)27-13(30)8-2-1-3-9(6-8)17(21,22)23/h1-7H,(H,27,30)(H,28,32)/t16-/m0/s1. The Morgan fingerprint density at radius 1 is 1.03 bits per heavy atom. The van der Waals surface area contributed by atoms with Crippen molar-refractivity contribution >= 4 is 35.1 Å². The summed E-state index contributed by atoms with van der Waals surface area (Å²) in [5.74, 6) is -4.73. The minimum absolute atomic E-state index is 0.0365. The van der Waals surface area contributed by atoms with E-state index in [9.17, 15) is 45.1 Å². The number of rotatable bonds is 3. The number of hydrogen-bond donors (Lipinski definition) is 2. The number of carbonyl (C=O) groups is 3. The van der Waals surface area contributed by atoms with Gasteiger partial charge in [-0.1, -0.05) is 17.7 Å². The van der Waals surface area contributed by atoms with Crippen LogP contribution in [0.5, 0.6) is 0 Å². The van der Waals surface area contributed by atoms with Gasteiger partial charge in [-0.25, -0.2) is 14.1 Å². The van der Waals surface area contributed by atoms with Crippen LogP contribution in [-0.4, -0.2) is 29.7 Å². The van der Waals surface area contributed by atoms with Gasteiger partial charge in [0.25, 0.3) is 17.5 Å². The summed E-state index contributed by atoms with van der Waals surface area (Å²) in [5, 5.41) is 1.97. The summed E-state index contributed by atoms with van der Waals surface area (Å²) in [5.41, 5.74) is -6.72. The van der Waals surface area contributed by atoms with Crippen LogP contribution in [0.2, 0.25) is 5.02 Å². The first kappa shape index (κ1) is 23.3. The van der Waals surface area contributed by atoms with Gasteiger partial charge in [0.15, 0.2) is 0 Å². The van der Waals surface area contributed by atoms with Crippen molar-refractivity contribution in [3.63, 3.8) is 0 Å². The van der Waals surface area contributed by atoms with Crippen molar-refractivity contribution in [3.8, 4) is 0 Å². The SMILES string of the molecule is O=C(N[C@]1(C(F)(F)F)NC(=O)N(c2ccc(F)c(Cl)c2)C1=O)c1cccc(C(F)(F)F)c1. The van der Waals surface area contributed by atoms with E-state index in [2.05, 4.69) is 0 Å². The first-order valence-corrected chi connectivity index (χ1v) is 8.73. The van der Waals surface area contributed by atoms with Crippen molar-refractivity contribution < 1.29 is 45.1 Å². The number of alkyl halides is 6. The van der Waals surface area contributed by atoms with Crippen LogP contribution in [0.3, 0.4) is 0 Å². The number of anilines is 1. The van der Waals surface area contributed by atoms with Crippen molar-refractivity contribution in [3.05, 3.63) is 64.4 Å². The number of hydrogen-bond acceptors (Lipinski definition) is 3. The summed E-state index contributed by atoms with van der Waals surface area (Å²) >= 11 is 5.54. The molecule has 4 amide bonds. The van der Waals surface area contributed by atoms with E-state index < -0.39 is 63.5 Å². The Hall–Kier alpha value is -3.35. The Morgan fingerprint density at radius 2 is 1.69 bits per heavy atom. The quantitative estimate of drug-likeness (QED) is 0.506. The zero-order chi connectivity index (χ0) is 24.1. The molecule has 1 saturated heterocycles. The Bertz CT molecular complexity index is 1120. The van der Waals surface area contributed by atoms with Crippen molar-refractivity contribution in [1.29, 1.82) is 0 Å². The molecule has 6 nitrogen and oxygen atoms in total. The molecule has 14 heteroatoms. The molecule has 1 aliphatic heterocycles. The van der Waals surface area contributed by atoms with Crippen molar-refractivity contribution in [2.24, 2.45) is 0 Å². The number of urea groups is 1. The first-order chi connectivity index (χ1) is 14.7. The van der Waals surface area contributed by atoms with Gasteiger partial charge >= 0.3 is 18.4 Å². The molecular weight excluding hydrogens is 475 g/mol. The molecule has 0 bridgehead atoms. The second-order valence-electron chi connectivity index (χ2n) is 6.45. The molecule has 170 valence electrons. The molecule has 2 aromatic rings. The molecule has 0 aromatic heterocycles. The molecule has 32 heavy (non-hydrogen) atoms. The summed E-state index contributed by atoms with van der Waals surface area (Å²) in [4.78, 5) is 37.2. The lowest BCUT2D eigenvalue weighted by atomic mass is 10.1. The van der Waals surface area contributed by atoms with E-state index in [0.717, 1.165) is 18.2 Å². The highest BCUT2D eigenvalue weighted by Crippen LogP contribution is 2.37. The van der Waals surface area contributed by atoms with E-state index in [0.29, 0.717) is 18.2 Å². The highest BCUT2D eigenvalue weighted by atomic mass is 35.5. The summed E-state index contributed by atoms with van der Waals surface area (Å²) in [6.07, 6.45) is -10.5. The number of halogens is 8. The number of nitrogens with zero attached hydrogens (tertiary/aromatic N) is 1. The van der Waals surface area contributed by atoms with Crippen LogP contribution in [-0.2, 0) is 11.0 Å². The fraction of sp³-hybridized carbons (Fsp3) is 0.167. The maximum atomic E-state index is 13.9. The number of benzene rings is 2. The van der Waals surface area contributed by atoms with Gasteiger partial charge in [0.05, 0.1) is 16.3 Å². The lowest BCUT2D eigenvalue weighted by molar-refractivity contribution is -0.197. The maximum absolute atomic E-state index is 13.9. The molecule has 1 fully saturated rings. The summed E-state index contributed by atoms with van der Waals surface area (Å²) < 4.78 is 93.5. The van der Waals surface area contributed by atoms with E-state index in [1.54, 1.807) is 0 Å². The Labute approximate surface area is 178 Å². The first-order valence-electron chi connectivity index (χ1n) is 8.35. The van der Waals surface area contributed by atoms with Gasteiger partial charge < -0.3 is 5.32 Å². The van der Waals surface area contributed by atoms with Crippen LogP contribution in [0, 0.1) is 5.82 Å². The average Bonchev–Trinajstić information content (AvgIpc) is 2.94. The largest absolute Gasteiger partial charge is 0.440 e. The van der Waals surface area contributed by atoms with E-state index in [4.69, 9.17) is 11.6 Å². The lowest BCUT2D eigenvalue weighted by Crippen LogP contribution is -2.69. The molecule has 2 N–H and O–H groups in total. The number of amides is 4. The predicted molar refractivity (Wildman–Crippen MR) is 95.1 cm³/mol. The van der Waals surface area contributed by atoms with Gasteiger partial charge in [0, 0.05) is 5.56 Å². The smallest absolute Gasteiger partial charge is 0.314 e. The van der Waals surface area contributed by atoms with E-state index >= 15 is 0 Å². The molecule has 0 radical (unpaired) electrons. The van der Waals surface area contributed by atoms with Crippen molar-refractivity contribution in [2.75, 3.05) is 4.90 Å². The summed E-state index contributed by atoms with van der Waals surface area (Å²) in [6, 6.07) is 2.96. The fourth-order valence-electron chi connectivity index (χ4n) is 2.82. The predicted octanol–water partition coefficient (Wildman–Crippen LogP) is 4.24. The summed E-state index contributed by atoms with van der Waals surface area (Å²) in [6.45, 7) is 0. The van der Waals surface area contributed by atoms with Crippen molar-refractivity contribution in [2.45, 2.75) is 18.0 Å². The van der Waals surface area contributed by atoms with Gasteiger partial charge in [-0.2, -0.15) is 26.3 Å². The molecule has 2 aromatic carbocycles. The topological polar surface area (TPSA) is 78.5 Å². The Balaban J connectivity index is 2.01. The van der Waals surface area contributed by atoms with Crippen LogP contribution in [0.4, 0.5) is 41.2 Å². The fourth-order valence-corrected chi connectivity index (χ4v) is 2.99. The Morgan fingerprint density at radius 3 is 2.25 bits per heavy atom. The second kappa shape index (κ2) is 7.65. The molecule has 1 heterocycles. The average molecular weight is 484 g/mol. The highest BCUT2D eigenvalue weighted by Gasteiger charge is 2.69. The monoisotopic (exact) mass is 483 g/mol. The van der Waals surface area contributed by atoms with E-state index in [1.807, 2.05) is 0 Å². The van der Waals surface area contributed by atoms with Crippen LogP contribution in [0.25, 0.3) is 0 Å². The van der Waals surface area contributed by atoms with Crippen LogP contribution >= 0.6 is 11.6 Å². The minimum Gasteiger partial charge on any atom is -0.314 e. The van der Waals surface area contributed by atoms with Crippen molar-refractivity contribution in [1.82, 2.24) is 10.6 Å². The third kappa shape index (κ3) is 3.95. The third-order valence-corrected chi connectivity index (χ3v) is 4.65. The molecule has 3 rings (SSSR count). The highest BCUT2D eigenvalue weighted by molar-refractivity contribution is 6.31. The molecule has 0 spiro atoms. The maximum Gasteiger partial charge on any atom is 0.440 e. The van der Waals surface area contributed by atoms with Gasteiger partial charge in [-0.15, -0.1) is 0 Å². The zero-order valence-corrected chi connectivity index (χ0v) is 16.0. The van der Waals surface area contributed by atoms with E-state index in [-0.39, 0.29) is 11.0 Å². The third-order valence-electron chi connectivity index (χ3n) is 4.36. The molecule has 1 aliphatic rings. The molecule has 0 aliphatic carbocycles. The molecule has 0 saturated carbocycles. The number of nitrogens with one attached hydrogen (secondary N) is 2. The van der Waals surface area contributed by atoms with E-state index in [1.165, 1.54) is 10.6 Å². The van der Waals surface area contributed by atoms with Crippen LogP contribution in [0.15, 0.2) is 42.5 Å². The van der Waals surface area contributed by atoms with Gasteiger partial charge in [-0.3, -0.25) is 14.9 Å². The van der Waals surface area contributed by atoms with Gasteiger partial charge in [0.1, 0.15) is 5.82 Å². The van der Waals surface area contributed by atoms with Gasteiger partial charge in [0.2, 0.25) is 0 Å². The number of carbonyl (C=O) groups excluding carboxylic acids is 3. The minimum atomic E-state index is -5.62. The van der Waals surface area contributed by atoms with Crippen LogP contribution in [0.1, 0.15) is 15.9 Å². The second-order valence-corrected chi connectivity index (χ2v) is 6.86. The lowest BCUT2D eigenvalue weighted by Gasteiger charge is -2.30. The van der Waals surface area contributed by atoms with Crippen LogP contribution < -0.4 is 15.5 Å². The Kier molecular flexibility index (Phi) is 5.58. The molecular formula is C18H9ClF7N3O3. The number of imide groups is 1. The van der Waals surface area contributed by atoms with Gasteiger partial charge in [-0.05, 0) is 36.4 Å². The molecule has 1 atom stereocenters. The molecule has 0 unspecified atom stereocenters. The normalized spacial score (nSPS) is 19.2. The summed E-state index contributed by atoms with van der Waals surface area (Å²) in [7, 11) is 0. The zero-order valence-electron chi connectivity index (χ0n) is 15.2.